The lowest BCUT2D eigenvalue weighted by atomic mass is 9.74. The molecule has 3 rings (SSSR count). The molecule has 0 bridgehead atoms. The molecular weight excluding hydrogens is 340 g/mol. The molecule has 2 aliphatic carbocycles. The molecule has 0 unspecified atom stereocenters. The van der Waals surface area contributed by atoms with Crippen LogP contribution >= 0.6 is 0 Å². The monoisotopic (exact) mass is 384 g/mol. The summed E-state index contributed by atoms with van der Waals surface area (Å²) >= 11 is 0. The number of aryl methyl sites for hydroxylation is 1. The number of hydrogen-bond acceptors (Lipinski definition) is 2. The Balaban J connectivity index is 1.31. The summed E-state index contributed by atoms with van der Waals surface area (Å²) in [5, 5.41) is 0. The van der Waals surface area contributed by atoms with Gasteiger partial charge in [0.15, 0.2) is 0 Å². The summed E-state index contributed by atoms with van der Waals surface area (Å²) in [5.41, 5.74) is 1.29. The van der Waals surface area contributed by atoms with Crippen LogP contribution in [0.1, 0.15) is 127 Å². The lowest BCUT2D eigenvalue weighted by Crippen LogP contribution is -2.18. The molecule has 158 valence electrons. The number of hydrogen-bond donors (Lipinski definition) is 0. The molecule has 1 aromatic heterocycles. The highest BCUT2D eigenvalue weighted by Gasteiger charge is 2.26. The fourth-order valence-electron chi connectivity index (χ4n) is 5.67. The standard InChI is InChI=1S/C26H44N2/c1-3-5-6-8-21-9-11-22(12-10-21)13-14-23-15-17-25(18-16-23)26-27-19-24(7-4-2)20-28-26/h19-23,25H,3-18H2,1-2H3/t21-,22-,23-,25-. The van der Waals surface area contributed by atoms with E-state index in [9.17, 15) is 0 Å². The van der Waals surface area contributed by atoms with Gasteiger partial charge < -0.3 is 0 Å². The third kappa shape index (κ3) is 6.85. The molecule has 0 N–H and O–H groups in total. The van der Waals surface area contributed by atoms with Crippen molar-refractivity contribution in [2.24, 2.45) is 17.8 Å². The average molecular weight is 385 g/mol. The van der Waals surface area contributed by atoms with Crippen LogP contribution in [0, 0.1) is 17.8 Å². The molecule has 2 saturated carbocycles. The zero-order valence-corrected chi connectivity index (χ0v) is 18.7. The fraction of sp³-hybridized carbons (Fsp3) is 0.846. The lowest BCUT2D eigenvalue weighted by Gasteiger charge is -2.31. The summed E-state index contributed by atoms with van der Waals surface area (Å²) in [4.78, 5) is 9.38. The maximum absolute atomic E-state index is 4.69. The minimum Gasteiger partial charge on any atom is -0.241 e. The highest BCUT2D eigenvalue weighted by molar-refractivity contribution is 5.08. The molecule has 0 aliphatic heterocycles. The Labute approximate surface area is 174 Å². The van der Waals surface area contributed by atoms with Crippen molar-refractivity contribution in [2.45, 2.75) is 122 Å². The molecule has 28 heavy (non-hydrogen) atoms. The molecule has 0 spiro atoms. The van der Waals surface area contributed by atoms with E-state index in [0.29, 0.717) is 5.92 Å². The van der Waals surface area contributed by atoms with Crippen molar-refractivity contribution in [1.82, 2.24) is 9.97 Å². The van der Waals surface area contributed by atoms with Crippen molar-refractivity contribution in [3.63, 3.8) is 0 Å². The average Bonchev–Trinajstić information content (AvgIpc) is 2.75. The van der Waals surface area contributed by atoms with Gasteiger partial charge in [-0.25, -0.2) is 9.97 Å². The number of aromatic nitrogens is 2. The van der Waals surface area contributed by atoms with Crippen LogP contribution in [0.3, 0.4) is 0 Å². The zero-order chi connectivity index (χ0) is 19.6. The molecule has 2 fully saturated rings. The van der Waals surface area contributed by atoms with Gasteiger partial charge in [-0.05, 0) is 55.4 Å². The number of rotatable bonds is 10. The Hall–Kier alpha value is -0.920. The fourth-order valence-corrected chi connectivity index (χ4v) is 5.67. The van der Waals surface area contributed by atoms with Crippen LogP contribution in [0.4, 0.5) is 0 Å². The van der Waals surface area contributed by atoms with E-state index in [-0.39, 0.29) is 0 Å². The Kier molecular flexibility index (Phi) is 9.28. The molecule has 2 nitrogen and oxygen atoms in total. The van der Waals surface area contributed by atoms with Gasteiger partial charge in [-0.1, -0.05) is 84.5 Å². The van der Waals surface area contributed by atoms with Crippen LogP contribution in [-0.4, -0.2) is 9.97 Å². The molecule has 0 atom stereocenters. The van der Waals surface area contributed by atoms with Crippen LogP contribution < -0.4 is 0 Å². The van der Waals surface area contributed by atoms with E-state index in [1.807, 2.05) is 0 Å². The minimum absolute atomic E-state index is 0.616. The number of unbranched alkanes of at least 4 members (excludes halogenated alkanes) is 2. The van der Waals surface area contributed by atoms with Crippen molar-refractivity contribution < 1.29 is 0 Å². The van der Waals surface area contributed by atoms with Crippen LogP contribution in [0.25, 0.3) is 0 Å². The van der Waals surface area contributed by atoms with E-state index in [1.54, 1.807) is 0 Å². The topological polar surface area (TPSA) is 25.8 Å². The van der Waals surface area contributed by atoms with E-state index >= 15 is 0 Å². The first kappa shape index (κ1) is 21.8. The molecule has 1 aromatic rings. The van der Waals surface area contributed by atoms with E-state index < -0.39 is 0 Å². The summed E-state index contributed by atoms with van der Waals surface area (Å²) in [7, 11) is 0. The van der Waals surface area contributed by atoms with Gasteiger partial charge in [0, 0.05) is 18.3 Å². The Bertz CT molecular complexity index is 522. The van der Waals surface area contributed by atoms with Crippen molar-refractivity contribution in [2.75, 3.05) is 0 Å². The highest BCUT2D eigenvalue weighted by atomic mass is 14.9. The van der Waals surface area contributed by atoms with Crippen LogP contribution in [-0.2, 0) is 6.42 Å². The third-order valence-electron chi connectivity index (χ3n) is 7.64. The van der Waals surface area contributed by atoms with Crippen LogP contribution in [0.2, 0.25) is 0 Å². The first-order valence-corrected chi connectivity index (χ1v) is 12.6. The summed E-state index contributed by atoms with van der Waals surface area (Å²) in [5.74, 6) is 4.79. The second-order valence-electron chi connectivity index (χ2n) is 9.88. The lowest BCUT2D eigenvalue weighted by molar-refractivity contribution is 0.221. The molecule has 2 aliphatic rings. The minimum atomic E-state index is 0.616. The second-order valence-corrected chi connectivity index (χ2v) is 9.88. The normalized spacial score (nSPS) is 28.4. The van der Waals surface area contributed by atoms with Gasteiger partial charge in [0.2, 0.25) is 0 Å². The largest absolute Gasteiger partial charge is 0.241 e. The smallest absolute Gasteiger partial charge is 0.131 e. The predicted octanol–water partition coefficient (Wildman–Crippen LogP) is 7.87. The van der Waals surface area contributed by atoms with E-state index in [0.717, 1.165) is 30.0 Å². The van der Waals surface area contributed by atoms with Crippen molar-refractivity contribution >= 4 is 0 Å². The molecular formula is C26H44N2. The zero-order valence-electron chi connectivity index (χ0n) is 18.7. The second kappa shape index (κ2) is 11.9. The summed E-state index contributed by atoms with van der Waals surface area (Å²) in [6.45, 7) is 4.54. The molecule has 0 amide bonds. The van der Waals surface area contributed by atoms with Gasteiger partial charge in [-0.15, -0.1) is 0 Å². The van der Waals surface area contributed by atoms with Gasteiger partial charge in [0.1, 0.15) is 5.82 Å². The van der Waals surface area contributed by atoms with Gasteiger partial charge in [0.25, 0.3) is 0 Å². The molecule has 0 radical (unpaired) electrons. The first-order chi connectivity index (χ1) is 13.8. The van der Waals surface area contributed by atoms with Gasteiger partial charge in [-0.2, -0.15) is 0 Å². The predicted molar refractivity (Wildman–Crippen MR) is 120 cm³/mol. The Morgan fingerprint density at radius 2 is 1.21 bits per heavy atom. The SMILES string of the molecule is CCCCC[C@H]1CC[C@H](CC[C@H]2CC[C@H](c3ncc(CCC)cn3)CC2)CC1. The van der Waals surface area contributed by atoms with E-state index in [4.69, 9.17) is 0 Å². The van der Waals surface area contributed by atoms with Crippen molar-refractivity contribution in [3.8, 4) is 0 Å². The molecule has 1 heterocycles. The summed E-state index contributed by atoms with van der Waals surface area (Å²) in [6, 6.07) is 0. The van der Waals surface area contributed by atoms with Gasteiger partial charge in [-0.3, -0.25) is 0 Å². The van der Waals surface area contributed by atoms with Crippen LogP contribution in [0.15, 0.2) is 12.4 Å². The first-order valence-electron chi connectivity index (χ1n) is 12.6. The molecule has 0 saturated heterocycles. The number of nitrogens with zero attached hydrogens (tertiary/aromatic N) is 2. The van der Waals surface area contributed by atoms with Gasteiger partial charge >= 0.3 is 0 Å². The van der Waals surface area contributed by atoms with Crippen molar-refractivity contribution in [1.29, 1.82) is 0 Å². The molecule has 2 heteroatoms. The van der Waals surface area contributed by atoms with E-state index in [2.05, 4.69) is 36.2 Å². The highest BCUT2D eigenvalue weighted by Crippen LogP contribution is 2.39. The van der Waals surface area contributed by atoms with Gasteiger partial charge in [0.05, 0.1) is 0 Å². The Morgan fingerprint density at radius 1 is 0.679 bits per heavy atom. The van der Waals surface area contributed by atoms with E-state index in [1.165, 1.54) is 102 Å². The van der Waals surface area contributed by atoms with Crippen LogP contribution in [0.5, 0.6) is 0 Å². The quantitative estimate of drug-likeness (QED) is 0.383. The Morgan fingerprint density at radius 3 is 1.75 bits per heavy atom. The maximum atomic E-state index is 4.69. The maximum Gasteiger partial charge on any atom is 0.131 e. The van der Waals surface area contributed by atoms with Crippen molar-refractivity contribution in [3.05, 3.63) is 23.8 Å². The summed E-state index contributed by atoms with van der Waals surface area (Å²) < 4.78 is 0. The summed E-state index contributed by atoms with van der Waals surface area (Å²) in [6.07, 6.45) is 26.7. The third-order valence-corrected chi connectivity index (χ3v) is 7.64. The molecule has 0 aromatic carbocycles.